The number of hydrogen-bond donors (Lipinski definition) is 0. The Balaban J connectivity index is 1.39. The fraction of sp³-hybridized carbons (Fsp3) is 0.184. The van der Waals surface area contributed by atoms with Gasteiger partial charge in [-0.2, -0.15) is 0 Å². The summed E-state index contributed by atoms with van der Waals surface area (Å²) in [6.45, 7) is 0. The van der Waals surface area contributed by atoms with Crippen molar-refractivity contribution in [1.82, 2.24) is 0 Å². The average molecular weight is 614 g/mol. The molecule has 0 amide bonds. The third-order valence-corrected chi connectivity index (χ3v) is 17.6. The fourth-order valence-electron chi connectivity index (χ4n) is 8.39. The van der Waals surface area contributed by atoms with E-state index in [2.05, 4.69) is 12.1 Å². The van der Waals surface area contributed by atoms with Gasteiger partial charge in [0.2, 0.25) is 0 Å². The van der Waals surface area contributed by atoms with Gasteiger partial charge in [-0.05, 0) is 17.9 Å². The maximum absolute atomic E-state index is 16.4. The molecule has 6 heteroatoms. The molecule has 3 aliphatic rings. The van der Waals surface area contributed by atoms with Crippen LogP contribution in [0.5, 0.6) is 0 Å². The van der Waals surface area contributed by atoms with Crippen molar-refractivity contribution in [3.8, 4) is 0 Å². The van der Waals surface area contributed by atoms with E-state index in [1.54, 1.807) is 0 Å². The van der Waals surface area contributed by atoms with E-state index in [9.17, 15) is 0 Å². The summed E-state index contributed by atoms with van der Waals surface area (Å²) in [5.41, 5.74) is 1.19. The van der Waals surface area contributed by atoms with E-state index in [-0.39, 0.29) is 29.5 Å². The first-order valence-corrected chi connectivity index (χ1v) is 18.9. The lowest BCUT2D eigenvalue weighted by atomic mass is 9.80. The van der Waals surface area contributed by atoms with E-state index in [0.29, 0.717) is 0 Å². The van der Waals surface area contributed by atoms with Gasteiger partial charge in [0.25, 0.3) is 0 Å². The molecule has 0 N–H and O–H groups in total. The number of oxime groups is 1. The molecule has 2 saturated carbocycles. The molecule has 0 unspecified atom stereocenters. The summed E-state index contributed by atoms with van der Waals surface area (Å²) in [6.07, 6.45) is 0.585. The largest absolute Gasteiger partial charge is 0.391 e. The minimum atomic E-state index is -3.36. The van der Waals surface area contributed by atoms with Gasteiger partial charge in [0, 0.05) is 44.4 Å². The van der Waals surface area contributed by atoms with E-state index >= 15 is 9.13 Å². The van der Waals surface area contributed by atoms with Crippen LogP contribution in [-0.4, -0.2) is 23.1 Å². The van der Waals surface area contributed by atoms with Crippen LogP contribution in [0.3, 0.4) is 0 Å². The van der Waals surface area contributed by atoms with E-state index in [1.807, 2.05) is 140 Å². The minimum Gasteiger partial charge on any atom is -0.391 e. The monoisotopic (exact) mass is 613 g/mol. The van der Waals surface area contributed by atoms with Gasteiger partial charge in [0.1, 0.15) is 20.4 Å². The molecule has 5 aromatic carbocycles. The molecule has 1 aliphatic heterocycles. The van der Waals surface area contributed by atoms with Gasteiger partial charge in [-0.25, -0.2) is 0 Å². The van der Waals surface area contributed by atoms with Gasteiger partial charge in [-0.3, -0.25) is 0 Å². The summed E-state index contributed by atoms with van der Waals surface area (Å²) in [4.78, 5) is 6.32. The quantitative estimate of drug-likeness (QED) is 0.189. The second-order valence-corrected chi connectivity index (χ2v) is 18.0. The van der Waals surface area contributed by atoms with Gasteiger partial charge in [0.15, 0.2) is 0 Å². The predicted octanol–water partition coefficient (Wildman–Crippen LogP) is 6.82. The maximum Gasteiger partial charge on any atom is 0.147 e. The molecule has 0 saturated heterocycles. The summed E-state index contributed by atoms with van der Waals surface area (Å²) >= 11 is 0. The van der Waals surface area contributed by atoms with Crippen molar-refractivity contribution >= 4 is 41.2 Å². The SMILES string of the molecule is O=P(c1ccccc1)(c1ccccc1)[C@@H]1[C@H]2C[C@@H]([C@@H]3ON=C(c4ccccc4)[C@@H]23)[C@@H]1P(=O)(c1ccccc1)c1ccccc1. The van der Waals surface area contributed by atoms with E-state index in [0.717, 1.165) is 38.9 Å². The third-order valence-electron chi connectivity index (χ3n) is 10.1. The Hall–Kier alpha value is -3.97. The highest BCUT2D eigenvalue weighted by molar-refractivity contribution is 7.83. The molecule has 4 nitrogen and oxygen atoms in total. The normalized spacial score (nSPS) is 25.7. The van der Waals surface area contributed by atoms with Crippen LogP contribution in [0.15, 0.2) is 157 Å². The van der Waals surface area contributed by atoms with Crippen LogP contribution in [0, 0.1) is 17.8 Å². The average Bonchev–Trinajstić information content (AvgIpc) is 3.82. The van der Waals surface area contributed by atoms with Crippen LogP contribution in [-0.2, 0) is 14.0 Å². The summed E-state index contributed by atoms with van der Waals surface area (Å²) < 4.78 is 32.6. The molecular weight excluding hydrogens is 580 g/mol. The molecule has 2 aliphatic carbocycles. The second kappa shape index (κ2) is 10.9. The molecule has 218 valence electrons. The highest BCUT2D eigenvalue weighted by Crippen LogP contribution is 2.73. The Labute approximate surface area is 258 Å². The highest BCUT2D eigenvalue weighted by Gasteiger charge is 2.70. The lowest BCUT2D eigenvalue weighted by Crippen LogP contribution is -2.50. The molecule has 44 heavy (non-hydrogen) atoms. The van der Waals surface area contributed by atoms with Crippen LogP contribution in [0.4, 0.5) is 0 Å². The Morgan fingerprint density at radius 3 is 1.27 bits per heavy atom. The molecule has 5 aromatic rings. The van der Waals surface area contributed by atoms with Gasteiger partial charge in [-0.1, -0.05) is 157 Å². The minimum absolute atomic E-state index is 0.0237. The molecule has 8 rings (SSSR count). The van der Waals surface area contributed by atoms with Crippen LogP contribution >= 0.6 is 14.3 Å². The second-order valence-electron chi connectivity index (χ2n) is 12.1. The number of fused-ring (bicyclic) bond motifs is 5. The Morgan fingerprint density at radius 2 is 0.864 bits per heavy atom. The number of hydrogen-bond acceptors (Lipinski definition) is 4. The molecule has 0 aromatic heterocycles. The van der Waals surface area contributed by atoms with Crippen LogP contribution in [0.2, 0.25) is 0 Å². The standard InChI is InChI=1S/C38H33NO3P2/c40-43(28-18-8-2-9-19-28,29-20-10-3-11-21-29)37-32-26-33(36-34(32)35(39-42-36)27-16-6-1-7-17-27)38(37)44(41,30-22-12-4-13-23-30)31-24-14-5-15-25-31/h1-25,32-34,36-38H,26H2/t32-,33-,34+,36-,37+,38-/m0/s1. The van der Waals surface area contributed by atoms with Crippen molar-refractivity contribution in [3.05, 3.63) is 157 Å². The highest BCUT2D eigenvalue weighted by atomic mass is 31.2. The van der Waals surface area contributed by atoms with E-state index in [4.69, 9.17) is 9.99 Å². The number of nitrogens with zero attached hydrogens (tertiary/aromatic N) is 1. The summed E-state index contributed by atoms with van der Waals surface area (Å²) in [7, 11) is -6.71. The topological polar surface area (TPSA) is 55.7 Å². The van der Waals surface area contributed by atoms with Crippen molar-refractivity contribution < 1.29 is 14.0 Å². The van der Waals surface area contributed by atoms with Gasteiger partial charge >= 0.3 is 0 Å². The fourth-order valence-corrected chi connectivity index (χ4v) is 16.9. The summed E-state index contributed by atoms with van der Waals surface area (Å²) in [5, 5.41) is 7.93. The molecule has 0 radical (unpaired) electrons. The van der Waals surface area contributed by atoms with Gasteiger partial charge < -0.3 is 14.0 Å². The molecular formula is C38H33NO3P2. The summed E-state index contributed by atoms with van der Waals surface area (Å²) in [6, 6.07) is 49.8. The zero-order valence-electron chi connectivity index (χ0n) is 24.2. The van der Waals surface area contributed by atoms with E-state index < -0.39 is 19.9 Å². The first kappa shape index (κ1) is 27.6. The van der Waals surface area contributed by atoms with Crippen molar-refractivity contribution in [3.63, 3.8) is 0 Å². The molecule has 1 heterocycles. The van der Waals surface area contributed by atoms with Crippen LogP contribution in [0.1, 0.15) is 12.0 Å². The zero-order valence-corrected chi connectivity index (χ0v) is 26.0. The molecule has 2 bridgehead atoms. The lowest BCUT2D eigenvalue weighted by Gasteiger charge is -2.44. The first-order valence-electron chi connectivity index (χ1n) is 15.3. The lowest BCUT2D eigenvalue weighted by molar-refractivity contribution is 0.0293. The third kappa shape index (κ3) is 4.08. The Morgan fingerprint density at radius 1 is 0.500 bits per heavy atom. The number of benzene rings is 5. The molecule has 2 fully saturated rings. The van der Waals surface area contributed by atoms with Crippen molar-refractivity contribution in [1.29, 1.82) is 0 Å². The zero-order chi connectivity index (χ0) is 29.7. The van der Waals surface area contributed by atoms with Crippen molar-refractivity contribution in [2.24, 2.45) is 22.9 Å². The van der Waals surface area contributed by atoms with E-state index in [1.165, 1.54) is 0 Å². The van der Waals surface area contributed by atoms with Gasteiger partial charge in [-0.15, -0.1) is 0 Å². The molecule has 6 atom stereocenters. The Bertz CT molecular complexity index is 1810. The maximum atomic E-state index is 16.4. The first-order chi connectivity index (χ1) is 21.6. The summed E-state index contributed by atoms with van der Waals surface area (Å²) in [5.74, 6) is -0.125. The van der Waals surface area contributed by atoms with Crippen LogP contribution < -0.4 is 21.2 Å². The molecule has 0 spiro atoms. The smallest absolute Gasteiger partial charge is 0.147 e. The predicted molar refractivity (Wildman–Crippen MR) is 180 cm³/mol. The van der Waals surface area contributed by atoms with Crippen molar-refractivity contribution in [2.45, 2.75) is 23.8 Å². The van der Waals surface area contributed by atoms with Crippen LogP contribution in [0.25, 0.3) is 0 Å². The Kier molecular flexibility index (Phi) is 6.82. The number of rotatable bonds is 7. The van der Waals surface area contributed by atoms with Gasteiger partial charge in [0.05, 0.1) is 5.71 Å². The van der Waals surface area contributed by atoms with Crippen molar-refractivity contribution in [2.75, 3.05) is 0 Å².